The molecule has 144 valence electrons. The molecule has 2 heterocycles. The van der Waals surface area contributed by atoms with E-state index in [-0.39, 0.29) is 12.1 Å². The summed E-state index contributed by atoms with van der Waals surface area (Å²) in [7, 11) is 0. The maximum absolute atomic E-state index is 12.4. The molecule has 1 aliphatic heterocycles. The van der Waals surface area contributed by atoms with Crippen molar-refractivity contribution in [3.05, 3.63) is 46.5 Å². The Bertz CT molecular complexity index is 813. The van der Waals surface area contributed by atoms with E-state index >= 15 is 0 Å². The zero-order valence-electron chi connectivity index (χ0n) is 16.1. The van der Waals surface area contributed by atoms with E-state index in [1.165, 1.54) is 48.8 Å². The number of rotatable bonds is 4. The fourth-order valence-corrected chi connectivity index (χ4v) is 4.19. The molecule has 0 saturated carbocycles. The van der Waals surface area contributed by atoms with E-state index in [0.29, 0.717) is 6.54 Å². The molecule has 2 amide bonds. The number of carbonyl (C=O) groups is 1. The first-order valence-corrected chi connectivity index (χ1v) is 10.3. The standard InChI is InChI=1S/C21H29N5O/c1-15(17-11-10-16-7-4-5-8-18(16)13-17)23-21(27)22-14-20-25-24-19-9-3-2-6-12-26(19)20/h10-11,13,15H,2-9,12,14H2,1H3,(H2,22,23,27). The van der Waals surface area contributed by atoms with Crippen molar-refractivity contribution in [2.45, 2.75) is 77.4 Å². The second-order valence-corrected chi connectivity index (χ2v) is 7.78. The lowest BCUT2D eigenvalue weighted by Crippen LogP contribution is -2.37. The van der Waals surface area contributed by atoms with E-state index in [1.807, 2.05) is 6.92 Å². The molecule has 1 unspecified atom stereocenters. The first kappa shape index (κ1) is 18.0. The highest BCUT2D eigenvalue weighted by molar-refractivity contribution is 5.74. The van der Waals surface area contributed by atoms with Crippen molar-refractivity contribution in [3.8, 4) is 0 Å². The van der Waals surface area contributed by atoms with Crippen LogP contribution in [0.3, 0.4) is 0 Å². The number of nitrogens with one attached hydrogen (secondary N) is 2. The summed E-state index contributed by atoms with van der Waals surface area (Å²) in [4.78, 5) is 12.4. The average molecular weight is 367 g/mol. The molecule has 1 atom stereocenters. The van der Waals surface area contributed by atoms with Crippen molar-refractivity contribution in [2.75, 3.05) is 0 Å². The van der Waals surface area contributed by atoms with Gasteiger partial charge in [-0.05, 0) is 62.1 Å². The van der Waals surface area contributed by atoms with Gasteiger partial charge in [0, 0.05) is 13.0 Å². The van der Waals surface area contributed by atoms with Gasteiger partial charge in [0.25, 0.3) is 0 Å². The molecule has 4 rings (SSSR count). The van der Waals surface area contributed by atoms with Crippen molar-refractivity contribution < 1.29 is 4.79 Å². The van der Waals surface area contributed by atoms with Crippen LogP contribution in [-0.4, -0.2) is 20.8 Å². The maximum Gasteiger partial charge on any atom is 0.315 e. The quantitative estimate of drug-likeness (QED) is 0.869. The SMILES string of the molecule is CC(NC(=O)NCc1nnc2n1CCCCC2)c1ccc2c(c1)CCCC2. The second kappa shape index (κ2) is 8.11. The van der Waals surface area contributed by atoms with Gasteiger partial charge in [0.2, 0.25) is 0 Å². The predicted octanol–water partition coefficient (Wildman–Crippen LogP) is 3.44. The average Bonchev–Trinajstić information content (AvgIpc) is 2.92. The molecule has 2 aliphatic rings. The van der Waals surface area contributed by atoms with Crippen molar-refractivity contribution in [2.24, 2.45) is 0 Å². The third kappa shape index (κ3) is 4.15. The molecule has 6 heteroatoms. The third-order valence-electron chi connectivity index (χ3n) is 5.81. The number of aromatic nitrogens is 3. The minimum absolute atomic E-state index is 0.0206. The minimum atomic E-state index is -0.161. The Labute approximate surface area is 160 Å². The van der Waals surface area contributed by atoms with Crippen LogP contribution in [0.15, 0.2) is 18.2 Å². The van der Waals surface area contributed by atoms with Crippen molar-refractivity contribution in [1.29, 1.82) is 0 Å². The summed E-state index contributed by atoms with van der Waals surface area (Å²) in [5.41, 5.74) is 4.08. The molecule has 1 aliphatic carbocycles. The number of carbonyl (C=O) groups excluding carboxylic acids is 1. The summed E-state index contributed by atoms with van der Waals surface area (Å²) in [6.07, 6.45) is 9.42. The number of urea groups is 1. The molecule has 27 heavy (non-hydrogen) atoms. The lowest BCUT2D eigenvalue weighted by Gasteiger charge is -2.20. The van der Waals surface area contributed by atoms with Gasteiger partial charge in [0.15, 0.2) is 5.82 Å². The van der Waals surface area contributed by atoms with E-state index in [4.69, 9.17) is 0 Å². The zero-order valence-corrected chi connectivity index (χ0v) is 16.1. The van der Waals surface area contributed by atoms with Crippen molar-refractivity contribution in [1.82, 2.24) is 25.4 Å². The first-order chi connectivity index (χ1) is 13.2. The highest BCUT2D eigenvalue weighted by Gasteiger charge is 2.17. The number of hydrogen-bond donors (Lipinski definition) is 2. The van der Waals surface area contributed by atoms with Crippen LogP contribution in [0.25, 0.3) is 0 Å². The van der Waals surface area contributed by atoms with E-state index in [0.717, 1.165) is 37.5 Å². The van der Waals surface area contributed by atoms with Crippen LogP contribution in [-0.2, 0) is 32.4 Å². The topological polar surface area (TPSA) is 71.8 Å². The molecule has 2 aromatic rings. The lowest BCUT2D eigenvalue weighted by atomic mass is 9.89. The Balaban J connectivity index is 1.33. The summed E-state index contributed by atoms with van der Waals surface area (Å²) < 4.78 is 2.17. The predicted molar refractivity (Wildman–Crippen MR) is 104 cm³/mol. The first-order valence-electron chi connectivity index (χ1n) is 10.3. The Kier molecular flexibility index (Phi) is 5.41. The molecule has 0 spiro atoms. The van der Waals surface area contributed by atoms with Crippen LogP contribution in [0.4, 0.5) is 4.79 Å². The Morgan fingerprint density at radius 2 is 1.89 bits per heavy atom. The van der Waals surface area contributed by atoms with Gasteiger partial charge in [0.05, 0.1) is 12.6 Å². The summed E-state index contributed by atoms with van der Waals surface area (Å²) >= 11 is 0. The van der Waals surface area contributed by atoms with E-state index in [9.17, 15) is 4.79 Å². The molecular weight excluding hydrogens is 338 g/mol. The number of fused-ring (bicyclic) bond motifs is 2. The van der Waals surface area contributed by atoms with Crippen molar-refractivity contribution >= 4 is 6.03 Å². The van der Waals surface area contributed by atoms with Gasteiger partial charge < -0.3 is 15.2 Å². The van der Waals surface area contributed by atoms with Gasteiger partial charge in [-0.1, -0.05) is 24.6 Å². The van der Waals surface area contributed by atoms with Gasteiger partial charge in [-0.15, -0.1) is 10.2 Å². The van der Waals surface area contributed by atoms with Crippen LogP contribution in [0.1, 0.15) is 73.4 Å². The molecule has 1 aromatic carbocycles. The number of nitrogens with zero attached hydrogens (tertiary/aromatic N) is 3. The Morgan fingerprint density at radius 1 is 1.07 bits per heavy atom. The fraction of sp³-hybridized carbons (Fsp3) is 0.571. The molecule has 6 nitrogen and oxygen atoms in total. The summed E-state index contributed by atoms with van der Waals surface area (Å²) in [5, 5.41) is 14.5. The van der Waals surface area contributed by atoms with Crippen LogP contribution in [0.5, 0.6) is 0 Å². The third-order valence-corrected chi connectivity index (χ3v) is 5.81. The summed E-state index contributed by atoms with van der Waals surface area (Å²) in [5.74, 6) is 1.90. The minimum Gasteiger partial charge on any atom is -0.332 e. The normalized spacial score (nSPS) is 17.4. The van der Waals surface area contributed by atoms with Gasteiger partial charge in [-0.25, -0.2) is 4.79 Å². The van der Waals surface area contributed by atoms with Gasteiger partial charge in [0.1, 0.15) is 5.82 Å². The maximum atomic E-state index is 12.4. The highest BCUT2D eigenvalue weighted by Crippen LogP contribution is 2.24. The molecular formula is C21H29N5O. The van der Waals surface area contributed by atoms with Crippen molar-refractivity contribution in [3.63, 3.8) is 0 Å². The van der Waals surface area contributed by atoms with Crippen LogP contribution in [0, 0.1) is 0 Å². The van der Waals surface area contributed by atoms with Crippen LogP contribution in [0.2, 0.25) is 0 Å². The highest BCUT2D eigenvalue weighted by atomic mass is 16.2. The lowest BCUT2D eigenvalue weighted by molar-refractivity contribution is 0.237. The number of benzene rings is 1. The smallest absolute Gasteiger partial charge is 0.315 e. The Morgan fingerprint density at radius 3 is 2.78 bits per heavy atom. The van der Waals surface area contributed by atoms with Gasteiger partial charge in [-0.3, -0.25) is 0 Å². The Hall–Kier alpha value is -2.37. The zero-order chi connectivity index (χ0) is 18.6. The summed E-state index contributed by atoms with van der Waals surface area (Å²) in [6.45, 7) is 3.40. The van der Waals surface area contributed by atoms with Gasteiger partial charge >= 0.3 is 6.03 Å². The molecule has 0 fully saturated rings. The fourth-order valence-electron chi connectivity index (χ4n) is 4.19. The van der Waals surface area contributed by atoms with E-state index < -0.39 is 0 Å². The molecule has 2 N–H and O–H groups in total. The van der Waals surface area contributed by atoms with Gasteiger partial charge in [-0.2, -0.15) is 0 Å². The second-order valence-electron chi connectivity index (χ2n) is 7.78. The van der Waals surface area contributed by atoms with E-state index in [1.54, 1.807) is 0 Å². The molecule has 0 bridgehead atoms. The molecule has 1 aromatic heterocycles. The van der Waals surface area contributed by atoms with Crippen LogP contribution < -0.4 is 10.6 Å². The monoisotopic (exact) mass is 367 g/mol. The number of aryl methyl sites for hydroxylation is 3. The number of hydrogen-bond acceptors (Lipinski definition) is 3. The largest absolute Gasteiger partial charge is 0.332 e. The summed E-state index contributed by atoms with van der Waals surface area (Å²) in [6, 6.07) is 6.45. The molecule has 0 saturated heterocycles. The van der Waals surface area contributed by atoms with Crippen LogP contribution >= 0.6 is 0 Å². The number of amides is 2. The van der Waals surface area contributed by atoms with E-state index in [2.05, 4.69) is 43.6 Å². The molecule has 0 radical (unpaired) electrons.